The number of hydrogen-bond donors (Lipinski definition) is 0. The van der Waals surface area contributed by atoms with Gasteiger partial charge in [-0.05, 0) is 18.6 Å². The van der Waals surface area contributed by atoms with Crippen LogP contribution in [0, 0.1) is 0 Å². The maximum absolute atomic E-state index is 10.9. The number of hydrogen-bond acceptors (Lipinski definition) is 3. The van der Waals surface area contributed by atoms with Gasteiger partial charge in [0, 0.05) is 23.6 Å². The number of para-hydroxylation sites is 2. The maximum atomic E-state index is 10.9. The lowest BCUT2D eigenvalue weighted by Gasteiger charge is -2.06. The molecule has 0 atom stereocenters. The van der Waals surface area contributed by atoms with E-state index in [9.17, 15) is 8.42 Å². The molecule has 0 fully saturated rings. The van der Waals surface area contributed by atoms with Crippen LogP contribution in [-0.2, 0) is 22.0 Å². The summed E-state index contributed by atoms with van der Waals surface area (Å²) in [6, 6.07) is 7.86. The van der Waals surface area contributed by atoms with Crippen molar-refractivity contribution < 1.29 is 8.42 Å². The second-order valence-corrected chi connectivity index (χ2v) is 7.01. The molecule has 0 amide bonds. The largest absolute Gasteiger partial charge is 0.328 e. The Balaban J connectivity index is 2.25. The fourth-order valence-electron chi connectivity index (χ4n) is 2.04. The zero-order valence-electron chi connectivity index (χ0n) is 10.1. The first-order chi connectivity index (χ1) is 8.51. The highest BCUT2D eigenvalue weighted by molar-refractivity contribution is 8.13. The van der Waals surface area contributed by atoms with Crippen molar-refractivity contribution in [1.82, 2.24) is 9.55 Å². The van der Waals surface area contributed by atoms with Crippen molar-refractivity contribution in [3.8, 4) is 0 Å². The topological polar surface area (TPSA) is 52.0 Å². The Hall–Kier alpha value is -1.07. The van der Waals surface area contributed by atoms with Crippen LogP contribution in [0.4, 0.5) is 0 Å². The van der Waals surface area contributed by atoms with E-state index < -0.39 is 9.05 Å². The zero-order chi connectivity index (χ0) is 13.2. The van der Waals surface area contributed by atoms with Crippen molar-refractivity contribution in [2.45, 2.75) is 26.3 Å². The summed E-state index contributed by atoms with van der Waals surface area (Å²) in [5, 5.41) is 0. The van der Waals surface area contributed by atoms with Crippen LogP contribution in [0.2, 0.25) is 0 Å². The van der Waals surface area contributed by atoms with Crippen molar-refractivity contribution >= 4 is 30.8 Å². The minimum atomic E-state index is -3.41. The second kappa shape index (κ2) is 5.28. The molecule has 2 aromatic rings. The van der Waals surface area contributed by atoms with Gasteiger partial charge < -0.3 is 4.57 Å². The fourth-order valence-corrected chi connectivity index (χ4v) is 2.84. The summed E-state index contributed by atoms with van der Waals surface area (Å²) in [5.41, 5.74) is 1.99. The van der Waals surface area contributed by atoms with Gasteiger partial charge in [0.2, 0.25) is 9.05 Å². The number of imidazole rings is 1. The Labute approximate surface area is 111 Å². The van der Waals surface area contributed by atoms with Crippen LogP contribution in [0.15, 0.2) is 24.3 Å². The van der Waals surface area contributed by atoms with Crippen molar-refractivity contribution in [2.75, 3.05) is 5.75 Å². The van der Waals surface area contributed by atoms with E-state index in [4.69, 9.17) is 10.7 Å². The van der Waals surface area contributed by atoms with Crippen molar-refractivity contribution in [3.05, 3.63) is 30.1 Å². The normalized spacial score (nSPS) is 12.1. The number of fused-ring (bicyclic) bond motifs is 1. The molecule has 0 bridgehead atoms. The highest BCUT2D eigenvalue weighted by Gasteiger charge is 2.10. The molecule has 1 aromatic heterocycles. The molecule has 0 saturated carbocycles. The minimum Gasteiger partial charge on any atom is -0.328 e. The van der Waals surface area contributed by atoms with Crippen LogP contribution in [-0.4, -0.2) is 23.7 Å². The van der Waals surface area contributed by atoms with Crippen molar-refractivity contribution in [1.29, 1.82) is 0 Å². The molecule has 18 heavy (non-hydrogen) atoms. The first-order valence-electron chi connectivity index (χ1n) is 5.87. The summed E-state index contributed by atoms with van der Waals surface area (Å²) < 4.78 is 23.9. The highest BCUT2D eigenvalue weighted by atomic mass is 35.7. The molecule has 0 aliphatic carbocycles. The van der Waals surface area contributed by atoms with Crippen LogP contribution in [0.3, 0.4) is 0 Å². The lowest BCUT2D eigenvalue weighted by atomic mass is 10.3. The predicted octanol–water partition coefficient (Wildman–Crippen LogP) is 2.56. The van der Waals surface area contributed by atoms with Gasteiger partial charge in [-0.15, -0.1) is 0 Å². The lowest BCUT2D eigenvalue weighted by molar-refractivity contribution is 0.598. The fraction of sp³-hybridized carbons (Fsp3) is 0.417. The molecule has 6 heteroatoms. The Morgan fingerprint density at radius 2 is 2.06 bits per heavy atom. The molecule has 1 heterocycles. The Morgan fingerprint density at radius 3 is 2.72 bits per heavy atom. The van der Waals surface area contributed by atoms with Crippen molar-refractivity contribution in [2.24, 2.45) is 0 Å². The standard InChI is InChI=1S/C12H15ClN2O2S/c1-2-12-14-10-6-3-4-7-11(10)15(12)8-5-9-18(13,16)17/h3-4,6-7H,2,5,8-9H2,1H3. The Morgan fingerprint density at radius 1 is 1.33 bits per heavy atom. The number of nitrogens with zero attached hydrogens (tertiary/aromatic N) is 2. The van der Waals surface area contributed by atoms with Gasteiger partial charge in [0.05, 0.1) is 16.8 Å². The minimum absolute atomic E-state index is 0.00971. The van der Waals surface area contributed by atoms with Gasteiger partial charge in [-0.3, -0.25) is 0 Å². The van der Waals surface area contributed by atoms with Gasteiger partial charge in [0.25, 0.3) is 0 Å². The van der Waals surface area contributed by atoms with Crippen LogP contribution in [0.25, 0.3) is 11.0 Å². The molecule has 2 rings (SSSR count). The number of rotatable bonds is 5. The summed E-state index contributed by atoms with van der Waals surface area (Å²) in [6.45, 7) is 2.66. The molecule has 0 saturated heterocycles. The van der Waals surface area contributed by atoms with E-state index in [1.807, 2.05) is 31.2 Å². The molecule has 1 aromatic carbocycles. The molecule has 0 radical (unpaired) electrons. The van der Waals surface area contributed by atoms with Gasteiger partial charge in [-0.1, -0.05) is 19.1 Å². The third kappa shape index (κ3) is 3.03. The third-order valence-corrected chi connectivity index (χ3v) is 4.06. The zero-order valence-corrected chi connectivity index (χ0v) is 11.7. The van der Waals surface area contributed by atoms with Gasteiger partial charge in [-0.2, -0.15) is 0 Å². The predicted molar refractivity (Wildman–Crippen MR) is 73.4 cm³/mol. The van der Waals surface area contributed by atoms with E-state index >= 15 is 0 Å². The quantitative estimate of drug-likeness (QED) is 0.794. The molecule has 0 unspecified atom stereocenters. The summed E-state index contributed by atoms with van der Waals surface area (Å²) in [6.07, 6.45) is 1.32. The van der Waals surface area contributed by atoms with Gasteiger partial charge >= 0.3 is 0 Å². The average molecular weight is 287 g/mol. The Kier molecular flexibility index (Phi) is 3.92. The van der Waals surface area contributed by atoms with E-state index in [1.54, 1.807) is 0 Å². The maximum Gasteiger partial charge on any atom is 0.232 e. The molecule has 4 nitrogen and oxygen atoms in total. The molecular formula is C12H15ClN2O2S. The third-order valence-electron chi connectivity index (χ3n) is 2.82. The van der Waals surface area contributed by atoms with Gasteiger partial charge in [0.1, 0.15) is 5.82 Å². The molecule has 0 aliphatic heterocycles. The molecule has 98 valence electrons. The number of halogens is 1. The second-order valence-electron chi connectivity index (χ2n) is 4.12. The van der Waals surface area contributed by atoms with E-state index in [-0.39, 0.29) is 5.75 Å². The number of benzene rings is 1. The van der Waals surface area contributed by atoms with Gasteiger partial charge in [0.15, 0.2) is 0 Å². The first-order valence-corrected chi connectivity index (χ1v) is 8.35. The van der Waals surface area contributed by atoms with E-state index in [0.29, 0.717) is 13.0 Å². The number of aryl methyl sites for hydroxylation is 2. The van der Waals surface area contributed by atoms with Crippen LogP contribution in [0.1, 0.15) is 19.2 Å². The monoisotopic (exact) mass is 286 g/mol. The highest BCUT2D eigenvalue weighted by Crippen LogP contribution is 2.17. The van der Waals surface area contributed by atoms with Crippen LogP contribution >= 0.6 is 10.7 Å². The first kappa shape index (κ1) is 13.4. The lowest BCUT2D eigenvalue weighted by Crippen LogP contribution is -2.07. The summed E-state index contributed by atoms with van der Waals surface area (Å²) in [7, 11) is 1.80. The van der Waals surface area contributed by atoms with Crippen LogP contribution in [0.5, 0.6) is 0 Å². The van der Waals surface area contributed by atoms with Crippen molar-refractivity contribution in [3.63, 3.8) is 0 Å². The smallest absolute Gasteiger partial charge is 0.232 e. The SMILES string of the molecule is CCc1nc2ccccc2n1CCCS(=O)(=O)Cl. The summed E-state index contributed by atoms with van der Waals surface area (Å²) in [5.74, 6) is 0.965. The van der Waals surface area contributed by atoms with E-state index in [0.717, 1.165) is 23.3 Å². The molecule has 0 spiro atoms. The van der Waals surface area contributed by atoms with Crippen LogP contribution < -0.4 is 0 Å². The average Bonchev–Trinajstić information content (AvgIpc) is 2.66. The Bertz CT molecular complexity index is 649. The summed E-state index contributed by atoms with van der Waals surface area (Å²) in [4.78, 5) is 4.53. The number of aromatic nitrogens is 2. The summed E-state index contributed by atoms with van der Waals surface area (Å²) >= 11 is 0. The molecular weight excluding hydrogens is 272 g/mol. The molecule has 0 N–H and O–H groups in total. The van der Waals surface area contributed by atoms with E-state index in [1.165, 1.54) is 0 Å². The van der Waals surface area contributed by atoms with E-state index in [2.05, 4.69) is 9.55 Å². The molecule has 0 aliphatic rings. The van der Waals surface area contributed by atoms with Gasteiger partial charge in [-0.25, -0.2) is 13.4 Å².